The second-order valence-electron chi connectivity index (χ2n) is 3.83. The average molecular weight is 330 g/mol. The second-order valence-corrected chi connectivity index (χ2v) is 5.90. The summed E-state index contributed by atoms with van der Waals surface area (Å²) in [6, 6.07) is 8.85. The monoisotopic (exact) mass is 330 g/mol. The largest absolute Gasteiger partial charge is 0.456 e. The molecule has 1 aromatic carbocycles. The van der Waals surface area contributed by atoms with E-state index in [1.807, 2.05) is 6.07 Å². The molecule has 0 unspecified atom stereocenters. The number of ketones is 1. The van der Waals surface area contributed by atoms with Crippen LogP contribution in [-0.2, 0) is 9.53 Å². The first-order valence-electron chi connectivity index (χ1n) is 5.06. The Morgan fingerprint density at radius 3 is 2.44 bits per heavy atom. The quantitative estimate of drug-likeness (QED) is 0.368. The number of benzene rings is 1. The molecule has 4 heteroatoms. The maximum absolute atomic E-state index is 11.6. The molecule has 3 nitrogen and oxygen atoms in total. The number of hydrogen-bond donors (Lipinski definition) is 0. The molecule has 0 atom stereocenters. The summed E-state index contributed by atoms with van der Waals surface area (Å²) < 4.78 is 4.64. The van der Waals surface area contributed by atoms with Crippen molar-refractivity contribution < 1.29 is 14.3 Å². The number of rotatable bonds is 4. The number of Topliss-reactive ketones (excluding diaryl/α,β-unsaturated/α-hetero) is 1. The highest BCUT2D eigenvalue weighted by Gasteiger charge is 2.49. The molecule has 0 bridgehead atoms. The maximum atomic E-state index is 11.6. The first-order chi connectivity index (χ1) is 7.62. The molecule has 0 amide bonds. The van der Waals surface area contributed by atoms with Crippen molar-refractivity contribution in [2.75, 3.05) is 6.61 Å². The molecule has 1 saturated carbocycles. The van der Waals surface area contributed by atoms with E-state index < -0.39 is 0 Å². The third-order valence-corrected chi connectivity index (χ3v) is 4.00. The van der Waals surface area contributed by atoms with Gasteiger partial charge in [-0.15, -0.1) is 0 Å². The van der Waals surface area contributed by atoms with Crippen molar-refractivity contribution >= 4 is 34.3 Å². The maximum Gasteiger partial charge on any atom is 0.322 e. The number of hydrogen-bond acceptors (Lipinski definition) is 3. The predicted molar refractivity (Wildman–Crippen MR) is 67.7 cm³/mol. The van der Waals surface area contributed by atoms with E-state index in [0.29, 0.717) is 5.56 Å². The molecule has 0 aliphatic heterocycles. The first-order valence-corrected chi connectivity index (χ1v) is 6.14. The summed E-state index contributed by atoms with van der Waals surface area (Å²) in [5, 5.41) is 0. The number of carbonyl (C=O) groups is 2. The third-order valence-electron chi connectivity index (χ3n) is 2.48. The van der Waals surface area contributed by atoms with Gasteiger partial charge in [0, 0.05) is 5.56 Å². The summed E-state index contributed by atoms with van der Waals surface area (Å²) in [5.41, 5.74) is 0.577. The first kappa shape index (κ1) is 11.6. The van der Waals surface area contributed by atoms with Crippen LogP contribution in [0.3, 0.4) is 0 Å². The molecule has 0 N–H and O–H groups in total. The Hall–Kier alpha value is -0.910. The van der Waals surface area contributed by atoms with Gasteiger partial charge in [0.25, 0.3) is 0 Å². The lowest BCUT2D eigenvalue weighted by atomic mass is 10.1. The highest BCUT2D eigenvalue weighted by atomic mass is 127. The molecular weight excluding hydrogens is 319 g/mol. The van der Waals surface area contributed by atoms with Crippen molar-refractivity contribution in [1.29, 1.82) is 0 Å². The molecule has 1 aliphatic carbocycles. The van der Waals surface area contributed by atoms with Gasteiger partial charge in [0.05, 0.1) is 0 Å². The van der Waals surface area contributed by atoms with Gasteiger partial charge < -0.3 is 4.74 Å². The normalized spacial score (nSPS) is 16.6. The van der Waals surface area contributed by atoms with Crippen molar-refractivity contribution in [1.82, 2.24) is 0 Å². The summed E-state index contributed by atoms with van der Waals surface area (Å²) >= 11 is 2.09. The van der Waals surface area contributed by atoms with Crippen LogP contribution in [0.4, 0.5) is 0 Å². The van der Waals surface area contributed by atoms with Crippen LogP contribution in [0.15, 0.2) is 30.3 Å². The average Bonchev–Trinajstić information content (AvgIpc) is 3.06. The van der Waals surface area contributed by atoms with Crippen LogP contribution < -0.4 is 0 Å². The van der Waals surface area contributed by atoms with Crippen molar-refractivity contribution in [3.05, 3.63) is 35.9 Å². The Morgan fingerprint density at radius 2 is 1.88 bits per heavy atom. The highest BCUT2D eigenvalue weighted by Crippen LogP contribution is 2.45. The fraction of sp³-hybridized carbons (Fsp3) is 0.333. The number of alkyl halides is 1. The predicted octanol–water partition coefficient (Wildman–Crippen LogP) is 2.38. The van der Waals surface area contributed by atoms with Crippen molar-refractivity contribution in [3.8, 4) is 0 Å². The molecular formula is C12H11IO3. The Labute approximate surface area is 107 Å². The minimum Gasteiger partial charge on any atom is -0.456 e. The molecule has 0 aromatic heterocycles. The molecule has 84 valence electrons. The summed E-state index contributed by atoms with van der Waals surface area (Å²) in [7, 11) is 0. The van der Waals surface area contributed by atoms with E-state index in [0.717, 1.165) is 12.8 Å². The molecule has 0 radical (unpaired) electrons. The summed E-state index contributed by atoms with van der Waals surface area (Å²) in [4.78, 5) is 23.1. The van der Waals surface area contributed by atoms with Crippen LogP contribution in [-0.4, -0.2) is 21.8 Å². The molecule has 1 aliphatic rings. The summed E-state index contributed by atoms with van der Waals surface area (Å²) in [6.07, 6.45) is 1.71. The zero-order chi connectivity index (χ0) is 11.6. The standard InChI is InChI=1S/C12H11IO3/c13-12(6-7-12)11(15)16-8-10(14)9-4-2-1-3-5-9/h1-5H,6-8H2. The van der Waals surface area contributed by atoms with Gasteiger partial charge >= 0.3 is 5.97 Å². The van der Waals surface area contributed by atoms with Gasteiger partial charge in [-0.2, -0.15) is 0 Å². The third kappa shape index (κ3) is 2.61. The molecule has 0 spiro atoms. The Kier molecular flexibility index (Phi) is 3.28. The van der Waals surface area contributed by atoms with Crippen molar-refractivity contribution in [3.63, 3.8) is 0 Å². The van der Waals surface area contributed by atoms with Gasteiger partial charge in [-0.05, 0) is 12.8 Å². The fourth-order valence-electron chi connectivity index (χ4n) is 1.28. The van der Waals surface area contributed by atoms with Crippen LogP contribution in [0.5, 0.6) is 0 Å². The molecule has 0 saturated heterocycles. The van der Waals surface area contributed by atoms with Crippen molar-refractivity contribution in [2.24, 2.45) is 0 Å². The Balaban J connectivity index is 1.87. The summed E-state index contributed by atoms with van der Waals surface area (Å²) in [5.74, 6) is -0.424. The van der Waals surface area contributed by atoms with Gasteiger partial charge in [-0.3, -0.25) is 9.59 Å². The van der Waals surface area contributed by atoms with E-state index in [9.17, 15) is 9.59 Å². The van der Waals surface area contributed by atoms with Gasteiger partial charge in [-0.25, -0.2) is 0 Å². The molecule has 16 heavy (non-hydrogen) atoms. The van der Waals surface area contributed by atoms with E-state index >= 15 is 0 Å². The molecule has 0 heterocycles. The van der Waals surface area contributed by atoms with E-state index in [1.54, 1.807) is 24.3 Å². The number of carbonyl (C=O) groups excluding carboxylic acids is 2. The lowest BCUT2D eigenvalue weighted by Crippen LogP contribution is -2.22. The van der Waals surface area contributed by atoms with Gasteiger partial charge in [0.1, 0.15) is 3.42 Å². The second kappa shape index (κ2) is 4.53. The smallest absolute Gasteiger partial charge is 0.322 e. The number of halogens is 1. The number of ether oxygens (including phenoxy) is 1. The Bertz CT molecular complexity index is 410. The minimum absolute atomic E-state index is 0.158. The van der Waals surface area contributed by atoms with E-state index in [2.05, 4.69) is 22.6 Å². The Morgan fingerprint density at radius 1 is 1.25 bits per heavy atom. The van der Waals surface area contributed by atoms with Crippen LogP contribution in [0, 0.1) is 0 Å². The highest BCUT2D eigenvalue weighted by molar-refractivity contribution is 14.1. The fourth-order valence-corrected chi connectivity index (χ4v) is 1.71. The van der Waals surface area contributed by atoms with Gasteiger partial charge in [0.15, 0.2) is 12.4 Å². The topological polar surface area (TPSA) is 43.4 Å². The minimum atomic E-state index is -0.352. The lowest BCUT2D eigenvalue weighted by molar-refractivity contribution is -0.142. The SMILES string of the molecule is O=C(COC(=O)C1(I)CC1)c1ccccc1. The summed E-state index contributed by atoms with van der Waals surface area (Å²) in [6.45, 7) is -0.159. The zero-order valence-electron chi connectivity index (χ0n) is 8.61. The van der Waals surface area contributed by atoms with Crippen LogP contribution in [0.25, 0.3) is 0 Å². The van der Waals surface area contributed by atoms with Gasteiger partial charge in [-0.1, -0.05) is 52.9 Å². The lowest BCUT2D eigenvalue weighted by Gasteiger charge is -2.07. The molecule has 1 aromatic rings. The van der Waals surface area contributed by atoms with E-state index in [1.165, 1.54) is 0 Å². The van der Waals surface area contributed by atoms with E-state index in [-0.39, 0.29) is 21.8 Å². The zero-order valence-corrected chi connectivity index (χ0v) is 10.8. The van der Waals surface area contributed by atoms with Gasteiger partial charge in [0.2, 0.25) is 0 Å². The van der Waals surface area contributed by atoms with E-state index in [4.69, 9.17) is 4.74 Å². The molecule has 1 fully saturated rings. The van der Waals surface area contributed by atoms with Crippen molar-refractivity contribution in [2.45, 2.75) is 16.3 Å². The van der Waals surface area contributed by atoms with Crippen LogP contribution >= 0.6 is 22.6 Å². The number of esters is 1. The van der Waals surface area contributed by atoms with Crippen LogP contribution in [0.2, 0.25) is 0 Å². The molecule has 2 rings (SSSR count). The van der Waals surface area contributed by atoms with Crippen LogP contribution in [0.1, 0.15) is 23.2 Å².